The molecular formula is C19H20N2O4S. The van der Waals surface area contributed by atoms with Gasteiger partial charge >= 0.3 is 0 Å². The van der Waals surface area contributed by atoms with Crippen molar-refractivity contribution in [2.75, 3.05) is 27.9 Å². The lowest BCUT2D eigenvalue weighted by atomic mass is 10.2. The number of benzene rings is 2. The number of aromatic nitrogens is 1. The van der Waals surface area contributed by atoms with Gasteiger partial charge in [-0.25, -0.2) is 0 Å². The Morgan fingerprint density at radius 2 is 1.77 bits per heavy atom. The van der Waals surface area contributed by atoms with Crippen molar-refractivity contribution in [3.05, 3.63) is 52.8 Å². The molecule has 0 saturated carbocycles. The molecule has 3 rings (SSSR count). The first-order valence-electron chi connectivity index (χ1n) is 8.06. The van der Waals surface area contributed by atoms with Gasteiger partial charge in [-0.05, 0) is 12.1 Å². The summed E-state index contributed by atoms with van der Waals surface area (Å²) >= 11 is 1.43. The van der Waals surface area contributed by atoms with Crippen LogP contribution in [0.3, 0.4) is 0 Å². The highest BCUT2D eigenvalue weighted by Gasteiger charge is 2.13. The zero-order valence-electron chi connectivity index (χ0n) is 14.9. The third kappa shape index (κ3) is 3.63. The molecule has 0 unspecified atom stereocenters. The zero-order chi connectivity index (χ0) is 18.5. The van der Waals surface area contributed by atoms with Crippen LogP contribution in [-0.4, -0.2) is 38.4 Å². The molecule has 0 saturated heterocycles. The van der Waals surface area contributed by atoms with Crippen molar-refractivity contribution in [1.29, 1.82) is 0 Å². The van der Waals surface area contributed by atoms with Crippen LogP contribution in [0.1, 0.15) is 10.4 Å². The van der Waals surface area contributed by atoms with Crippen molar-refractivity contribution in [3.63, 3.8) is 0 Å². The molecule has 0 bridgehead atoms. The number of thiazole rings is 1. The van der Waals surface area contributed by atoms with Gasteiger partial charge < -0.3 is 18.8 Å². The highest BCUT2D eigenvalue weighted by Crippen LogP contribution is 2.33. The van der Waals surface area contributed by atoms with Gasteiger partial charge in [-0.15, -0.1) is 0 Å². The van der Waals surface area contributed by atoms with E-state index in [2.05, 4.69) is 4.99 Å². The number of nitrogens with zero attached hydrogens (tertiary/aromatic N) is 2. The van der Waals surface area contributed by atoms with Crippen molar-refractivity contribution in [3.8, 4) is 11.5 Å². The molecule has 0 N–H and O–H groups in total. The van der Waals surface area contributed by atoms with E-state index in [9.17, 15) is 4.79 Å². The van der Waals surface area contributed by atoms with E-state index in [1.807, 2.05) is 34.9 Å². The predicted molar refractivity (Wildman–Crippen MR) is 101 cm³/mol. The lowest BCUT2D eigenvalue weighted by molar-refractivity contribution is 0.0997. The van der Waals surface area contributed by atoms with Crippen LogP contribution in [0.25, 0.3) is 10.2 Å². The van der Waals surface area contributed by atoms with Crippen molar-refractivity contribution in [2.24, 2.45) is 4.99 Å². The quantitative estimate of drug-likeness (QED) is 0.667. The fourth-order valence-corrected chi connectivity index (χ4v) is 3.68. The number of fused-ring (bicyclic) bond motifs is 1. The summed E-state index contributed by atoms with van der Waals surface area (Å²) in [4.78, 5) is 17.5. The highest BCUT2D eigenvalue weighted by atomic mass is 32.1. The number of hydrogen-bond acceptors (Lipinski definition) is 5. The summed E-state index contributed by atoms with van der Waals surface area (Å²) in [7, 11) is 4.84. The van der Waals surface area contributed by atoms with Crippen LogP contribution >= 0.6 is 11.3 Å². The molecule has 3 aromatic rings. The van der Waals surface area contributed by atoms with Crippen LogP contribution in [-0.2, 0) is 11.3 Å². The average Bonchev–Trinajstić information content (AvgIpc) is 3.01. The third-order valence-corrected chi connectivity index (χ3v) is 4.97. The van der Waals surface area contributed by atoms with Gasteiger partial charge in [0.25, 0.3) is 5.91 Å². The second kappa shape index (κ2) is 8.16. The summed E-state index contributed by atoms with van der Waals surface area (Å²) < 4.78 is 18.9. The number of methoxy groups -OCH3 is 3. The van der Waals surface area contributed by atoms with E-state index in [1.165, 1.54) is 11.3 Å². The van der Waals surface area contributed by atoms with Crippen molar-refractivity contribution in [2.45, 2.75) is 6.54 Å². The lowest BCUT2D eigenvalue weighted by Gasteiger charge is -2.09. The predicted octanol–water partition coefficient (Wildman–Crippen LogP) is 3.11. The summed E-state index contributed by atoms with van der Waals surface area (Å²) in [6.07, 6.45) is 0. The van der Waals surface area contributed by atoms with Crippen LogP contribution in [0, 0.1) is 0 Å². The van der Waals surface area contributed by atoms with Crippen LogP contribution < -0.4 is 14.3 Å². The number of carbonyl (C=O) groups is 1. The maximum atomic E-state index is 12.5. The van der Waals surface area contributed by atoms with Gasteiger partial charge in [-0.3, -0.25) is 4.79 Å². The van der Waals surface area contributed by atoms with Crippen LogP contribution in [0.15, 0.2) is 47.5 Å². The molecule has 7 heteroatoms. The molecule has 0 fully saturated rings. The molecule has 1 amide bonds. The molecule has 2 aromatic carbocycles. The van der Waals surface area contributed by atoms with Crippen molar-refractivity contribution < 1.29 is 19.0 Å². The molecule has 0 radical (unpaired) electrons. The molecule has 0 aliphatic carbocycles. The second-order valence-corrected chi connectivity index (χ2v) is 6.50. The minimum atomic E-state index is -0.276. The van der Waals surface area contributed by atoms with E-state index in [-0.39, 0.29) is 5.91 Å². The number of ether oxygens (including phenoxy) is 3. The fourth-order valence-electron chi connectivity index (χ4n) is 2.61. The Labute approximate surface area is 155 Å². The SMILES string of the molecule is COCCn1c(=NC(=O)c2ccccc2)sc2cc(OC)c(OC)cc21. The molecule has 6 nitrogen and oxygen atoms in total. The van der Waals surface area contributed by atoms with Gasteiger partial charge in [0.1, 0.15) is 0 Å². The minimum Gasteiger partial charge on any atom is -0.493 e. The Morgan fingerprint density at radius 3 is 2.42 bits per heavy atom. The van der Waals surface area contributed by atoms with E-state index in [4.69, 9.17) is 14.2 Å². The fraction of sp³-hybridized carbons (Fsp3) is 0.263. The van der Waals surface area contributed by atoms with Crippen LogP contribution in [0.2, 0.25) is 0 Å². The Bertz CT molecular complexity index is 976. The number of hydrogen-bond donors (Lipinski definition) is 0. The van der Waals surface area contributed by atoms with E-state index < -0.39 is 0 Å². The summed E-state index contributed by atoms with van der Waals surface area (Å²) in [6, 6.07) is 12.8. The zero-order valence-corrected chi connectivity index (χ0v) is 15.7. The van der Waals surface area contributed by atoms with E-state index in [0.717, 1.165) is 10.2 Å². The first-order valence-corrected chi connectivity index (χ1v) is 8.88. The first-order chi connectivity index (χ1) is 12.7. The number of rotatable bonds is 6. The molecular weight excluding hydrogens is 352 g/mol. The van der Waals surface area contributed by atoms with Crippen molar-refractivity contribution >= 4 is 27.5 Å². The number of amides is 1. The monoisotopic (exact) mass is 372 g/mol. The maximum Gasteiger partial charge on any atom is 0.279 e. The van der Waals surface area contributed by atoms with E-state index in [0.29, 0.717) is 35.0 Å². The third-order valence-electron chi connectivity index (χ3n) is 3.93. The van der Waals surface area contributed by atoms with E-state index in [1.54, 1.807) is 33.5 Å². The molecule has 136 valence electrons. The Balaban J connectivity index is 2.17. The Hall–Kier alpha value is -2.64. The maximum absolute atomic E-state index is 12.5. The second-order valence-electron chi connectivity index (χ2n) is 5.49. The van der Waals surface area contributed by atoms with Gasteiger partial charge in [-0.2, -0.15) is 4.99 Å². The van der Waals surface area contributed by atoms with Crippen LogP contribution in [0.5, 0.6) is 11.5 Å². The van der Waals surface area contributed by atoms with Crippen LogP contribution in [0.4, 0.5) is 0 Å². The van der Waals surface area contributed by atoms with Gasteiger partial charge in [-0.1, -0.05) is 29.5 Å². The minimum absolute atomic E-state index is 0.276. The van der Waals surface area contributed by atoms with Gasteiger partial charge in [0, 0.05) is 31.4 Å². The topological polar surface area (TPSA) is 62.1 Å². The smallest absolute Gasteiger partial charge is 0.279 e. The van der Waals surface area contributed by atoms with Crippen molar-refractivity contribution in [1.82, 2.24) is 4.57 Å². The first kappa shape index (κ1) is 18.2. The Morgan fingerprint density at radius 1 is 1.08 bits per heavy atom. The lowest BCUT2D eigenvalue weighted by Crippen LogP contribution is -2.19. The largest absolute Gasteiger partial charge is 0.493 e. The molecule has 1 heterocycles. The molecule has 0 aliphatic heterocycles. The standard InChI is InChI=1S/C19H20N2O4S/c1-23-10-9-21-14-11-15(24-2)16(25-3)12-17(14)26-19(21)20-18(22)13-7-5-4-6-8-13/h4-8,11-12H,9-10H2,1-3H3. The van der Waals surface area contributed by atoms with Gasteiger partial charge in [0.15, 0.2) is 16.3 Å². The molecule has 1 aromatic heterocycles. The molecule has 26 heavy (non-hydrogen) atoms. The Kier molecular flexibility index (Phi) is 5.70. The number of carbonyl (C=O) groups excluding carboxylic acids is 1. The summed E-state index contributed by atoms with van der Waals surface area (Å²) in [6.45, 7) is 1.08. The normalized spacial score (nSPS) is 11.7. The average molecular weight is 372 g/mol. The summed E-state index contributed by atoms with van der Waals surface area (Å²) in [5.74, 6) is 0.994. The van der Waals surface area contributed by atoms with E-state index >= 15 is 0 Å². The van der Waals surface area contributed by atoms with Gasteiger partial charge in [0.05, 0.1) is 31.0 Å². The molecule has 0 aliphatic rings. The highest BCUT2D eigenvalue weighted by molar-refractivity contribution is 7.16. The molecule has 0 atom stereocenters. The molecule has 0 spiro atoms. The summed E-state index contributed by atoms with van der Waals surface area (Å²) in [5.41, 5.74) is 1.47. The van der Waals surface area contributed by atoms with Gasteiger partial charge in [0.2, 0.25) is 0 Å². The summed E-state index contributed by atoms with van der Waals surface area (Å²) in [5, 5.41) is 0.